The molecule has 0 aliphatic rings. The molecule has 0 atom stereocenters. The third kappa shape index (κ3) is 6.72. The first-order valence-electron chi connectivity index (χ1n) is 9.42. The first kappa shape index (κ1) is 21.5. The van der Waals surface area contributed by atoms with Crippen molar-refractivity contribution in [2.45, 2.75) is 53.2 Å². The molecule has 0 bridgehead atoms. The van der Waals surface area contributed by atoms with E-state index in [2.05, 4.69) is 37.4 Å². The van der Waals surface area contributed by atoms with E-state index >= 15 is 0 Å². The molecule has 1 N–H and O–H groups in total. The number of rotatable bonds is 5. The molecule has 0 saturated heterocycles. The number of anilines is 1. The average molecular weight is 383 g/mol. The molecule has 0 aromatic heterocycles. The Bertz CT molecular complexity index is 836. The van der Waals surface area contributed by atoms with E-state index in [-0.39, 0.29) is 5.91 Å². The van der Waals surface area contributed by atoms with Gasteiger partial charge in [-0.25, -0.2) is 4.79 Å². The number of nitrogens with one attached hydrogen (secondary N) is 1. The van der Waals surface area contributed by atoms with Crippen LogP contribution in [0, 0.1) is 13.8 Å². The normalized spacial score (nSPS) is 11.1. The standard InChI is InChI=1S/C23H30N2O3/c1-16-7-10-19(17(2)13-16)15-25(6)21(26)14-18-8-11-20(12-9-18)24-22(27)28-23(3,4)5/h7-13H,14-15H2,1-6H3,(H,24,27). The molecule has 0 radical (unpaired) electrons. The van der Waals surface area contributed by atoms with Gasteiger partial charge in [0.1, 0.15) is 5.60 Å². The van der Waals surface area contributed by atoms with Gasteiger partial charge in [-0.2, -0.15) is 0 Å². The van der Waals surface area contributed by atoms with Gasteiger partial charge < -0.3 is 9.64 Å². The Morgan fingerprint density at radius 3 is 2.25 bits per heavy atom. The summed E-state index contributed by atoms with van der Waals surface area (Å²) >= 11 is 0. The second kappa shape index (κ2) is 8.91. The number of benzene rings is 2. The highest BCUT2D eigenvalue weighted by Crippen LogP contribution is 2.15. The number of likely N-dealkylation sites (N-methyl/N-ethyl adjacent to an activating group) is 1. The van der Waals surface area contributed by atoms with E-state index in [1.54, 1.807) is 17.0 Å². The molecule has 2 amide bonds. The quantitative estimate of drug-likeness (QED) is 0.804. The molecular weight excluding hydrogens is 352 g/mol. The van der Waals surface area contributed by atoms with Crippen LogP contribution in [0.5, 0.6) is 0 Å². The molecule has 28 heavy (non-hydrogen) atoms. The third-order valence-electron chi connectivity index (χ3n) is 4.29. The van der Waals surface area contributed by atoms with Crippen LogP contribution in [0.3, 0.4) is 0 Å². The van der Waals surface area contributed by atoms with E-state index in [0.29, 0.717) is 18.7 Å². The topological polar surface area (TPSA) is 58.6 Å². The van der Waals surface area contributed by atoms with E-state index in [4.69, 9.17) is 4.74 Å². The highest BCUT2D eigenvalue weighted by Gasteiger charge is 2.16. The lowest BCUT2D eigenvalue weighted by Gasteiger charge is -2.20. The van der Waals surface area contributed by atoms with Gasteiger partial charge in [0.05, 0.1) is 6.42 Å². The minimum Gasteiger partial charge on any atom is -0.444 e. The van der Waals surface area contributed by atoms with Crippen LogP contribution in [-0.2, 0) is 22.5 Å². The van der Waals surface area contributed by atoms with Gasteiger partial charge in [0.2, 0.25) is 5.91 Å². The van der Waals surface area contributed by atoms with Crippen LogP contribution >= 0.6 is 0 Å². The van der Waals surface area contributed by atoms with Crippen LogP contribution in [0.15, 0.2) is 42.5 Å². The summed E-state index contributed by atoms with van der Waals surface area (Å²) in [6.07, 6.45) is -0.182. The van der Waals surface area contributed by atoms with Crippen molar-refractivity contribution in [3.05, 3.63) is 64.7 Å². The monoisotopic (exact) mass is 382 g/mol. The summed E-state index contributed by atoms with van der Waals surface area (Å²) in [5.41, 5.74) is 4.55. The van der Waals surface area contributed by atoms with Gasteiger partial charge in [-0.1, -0.05) is 35.9 Å². The number of carbonyl (C=O) groups excluding carboxylic acids is 2. The predicted molar refractivity (Wildman–Crippen MR) is 112 cm³/mol. The van der Waals surface area contributed by atoms with Gasteiger partial charge in [0.15, 0.2) is 0 Å². The smallest absolute Gasteiger partial charge is 0.412 e. The molecule has 0 spiro atoms. The van der Waals surface area contributed by atoms with Crippen molar-refractivity contribution in [3.8, 4) is 0 Å². The lowest BCUT2D eigenvalue weighted by atomic mass is 10.0. The number of hydrogen-bond acceptors (Lipinski definition) is 3. The number of ether oxygens (including phenoxy) is 1. The van der Waals surface area contributed by atoms with E-state index in [9.17, 15) is 9.59 Å². The van der Waals surface area contributed by atoms with Crippen molar-refractivity contribution in [2.75, 3.05) is 12.4 Å². The maximum Gasteiger partial charge on any atom is 0.412 e. The average Bonchev–Trinajstić information content (AvgIpc) is 2.57. The predicted octanol–water partition coefficient (Wildman–Crippen LogP) is 4.85. The molecule has 0 fully saturated rings. The number of aryl methyl sites for hydroxylation is 2. The fourth-order valence-electron chi connectivity index (χ4n) is 2.80. The summed E-state index contributed by atoms with van der Waals surface area (Å²) < 4.78 is 5.23. The van der Waals surface area contributed by atoms with E-state index in [1.807, 2.05) is 40.0 Å². The molecule has 0 unspecified atom stereocenters. The zero-order chi connectivity index (χ0) is 20.9. The molecule has 5 nitrogen and oxygen atoms in total. The molecule has 2 aromatic rings. The Morgan fingerprint density at radius 2 is 1.68 bits per heavy atom. The van der Waals surface area contributed by atoms with Gasteiger partial charge in [-0.05, 0) is 63.4 Å². The molecule has 0 heterocycles. The largest absolute Gasteiger partial charge is 0.444 e. The molecule has 0 aliphatic carbocycles. The number of hydrogen-bond donors (Lipinski definition) is 1. The third-order valence-corrected chi connectivity index (χ3v) is 4.29. The van der Waals surface area contributed by atoms with Crippen molar-refractivity contribution >= 4 is 17.7 Å². The van der Waals surface area contributed by atoms with Crippen molar-refractivity contribution in [1.82, 2.24) is 4.90 Å². The molecule has 0 aliphatic heterocycles. The molecule has 2 rings (SSSR count). The fourth-order valence-corrected chi connectivity index (χ4v) is 2.80. The van der Waals surface area contributed by atoms with Gasteiger partial charge in [-0.3, -0.25) is 10.1 Å². The minimum atomic E-state index is -0.545. The lowest BCUT2D eigenvalue weighted by Crippen LogP contribution is -2.28. The zero-order valence-electron chi connectivity index (χ0n) is 17.6. The zero-order valence-corrected chi connectivity index (χ0v) is 17.6. The molecule has 2 aromatic carbocycles. The number of carbonyl (C=O) groups is 2. The first-order valence-corrected chi connectivity index (χ1v) is 9.42. The lowest BCUT2D eigenvalue weighted by molar-refractivity contribution is -0.129. The Kier molecular flexibility index (Phi) is 6.84. The fraction of sp³-hybridized carbons (Fsp3) is 0.391. The summed E-state index contributed by atoms with van der Waals surface area (Å²) in [5, 5.41) is 2.69. The number of nitrogens with zero attached hydrogens (tertiary/aromatic N) is 1. The minimum absolute atomic E-state index is 0.0489. The van der Waals surface area contributed by atoms with Crippen molar-refractivity contribution in [2.24, 2.45) is 0 Å². The van der Waals surface area contributed by atoms with Crippen LogP contribution in [0.25, 0.3) is 0 Å². The van der Waals surface area contributed by atoms with Gasteiger partial charge in [-0.15, -0.1) is 0 Å². The Labute approximate surface area is 167 Å². The van der Waals surface area contributed by atoms with Crippen LogP contribution in [0.4, 0.5) is 10.5 Å². The first-order chi connectivity index (χ1) is 13.0. The Balaban J connectivity index is 1.92. The SMILES string of the molecule is Cc1ccc(CN(C)C(=O)Cc2ccc(NC(=O)OC(C)(C)C)cc2)c(C)c1. The van der Waals surface area contributed by atoms with Crippen LogP contribution in [-0.4, -0.2) is 29.5 Å². The Morgan fingerprint density at radius 1 is 1.04 bits per heavy atom. The van der Waals surface area contributed by atoms with E-state index in [1.165, 1.54) is 11.1 Å². The summed E-state index contributed by atoms with van der Waals surface area (Å²) in [6, 6.07) is 13.5. The number of amides is 2. The molecular formula is C23H30N2O3. The second-order valence-electron chi connectivity index (χ2n) is 8.18. The van der Waals surface area contributed by atoms with Crippen LogP contribution in [0.1, 0.15) is 43.0 Å². The van der Waals surface area contributed by atoms with Crippen molar-refractivity contribution < 1.29 is 14.3 Å². The van der Waals surface area contributed by atoms with Gasteiger partial charge >= 0.3 is 6.09 Å². The second-order valence-corrected chi connectivity index (χ2v) is 8.18. The van der Waals surface area contributed by atoms with Gasteiger partial charge in [0.25, 0.3) is 0 Å². The maximum absolute atomic E-state index is 12.6. The summed E-state index contributed by atoms with van der Waals surface area (Å²) in [7, 11) is 1.82. The highest BCUT2D eigenvalue weighted by molar-refractivity contribution is 5.85. The van der Waals surface area contributed by atoms with Crippen molar-refractivity contribution in [1.29, 1.82) is 0 Å². The van der Waals surface area contributed by atoms with E-state index in [0.717, 1.165) is 11.1 Å². The van der Waals surface area contributed by atoms with Crippen molar-refractivity contribution in [3.63, 3.8) is 0 Å². The van der Waals surface area contributed by atoms with Crippen LogP contribution < -0.4 is 5.32 Å². The summed E-state index contributed by atoms with van der Waals surface area (Å²) in [6.45, 7) is 10.2. The highest BCUT2D eigenvalue weighted by atomic mass is 16.6. The molecule has 5 heteroatoms. The van der Waals surface area contributed by atoms with Gasteiger partial charge in [0, 0.05) is 19.3 Å². The van der Waals surface area contributed by atoms with Crippen LogP contribution in [0.2, 0.25) is 0 Å². The Hall–Kier alpha value is -2.82. The summed E-state index contributed by atoms with van der Waals surface area (Å²) in [4.78, 5) is 26.1. The maximum atomic E-state index is 12.6. The molecule has 150 valence electrons. The van der Waals surface area contributed by atoms with E-state index < -0.39 is 11.7 Å². The molecule has 0 saturated carbocycles. The summed E-state index contributed by atoms with van der Waals surface area (Å²) in [5.74, 6) is 0.0489.